The van der Waals surface area contributed by atoms with Crippen molar-refractivity contribution in [1.29, 1.82) is 0 Å². The molecule has 1 aromatic heterocycles. The zero-order chi connectivity index (χ0) is 21.3. The zero-order valence-electron chi connectivity index (χ0n) is 15.4. The fraction of sp³-hybridized carbons (Fsp3) is 0.250. The highest BCUT2D eigenvalue weighted by atomic mass is 35.5. The summed E-state index contributed by atoms with van der Waals surface area (Å²) in [5.41, 5.74) is 1.38. The Morgan fingerprint density at radius 3 is 2.50 bits per heavy atom. The molecule has 1 fully saturated rings. The third-order valence-electron chi connectivity index (χ3n) is 4.67. The van der Waals surface area contributed by atoms with Gasteiger partial charge in [-0.05, 0) is 48.4 Å². The minimum Gasteiger partial charge on any atom is -0.406 e. The Kier molecular flexibility index (Phi) is 5.38. The molecule has 1 amide bonds. The number of benzene rings is 2. The number of carbonyl (C=O) groups excluding carboxylic acids is 1. The molecule has 30 heavy (non-hydrogen) atoms. The van der Waals surface area contributed by atoms with Crippen LogP contribution in [0.15, 0.2) is 53.1 Å². The van der Waals surface area contributed by atoms with E-state index in [0.29, 0.717) is 30.0 Å². The minimum absolute atomic E-state index is 0.0247. The van der Waals surface area contributed by atoms with E-state index in [2.05, 4.69) is 14.9 Å². The lowest BCUT2D eigenvalue weighted by molar-refractivity contribution is -0.274. The molecule has 0 N–H and O–H groups in total. The van der Waals surface area contributed by atoms with E-state index in [9.17, 15) is 18.0 Å². The smallest absolute Gasteiger partial charge is 0.406 e. The first-order chi connectivity index (χ1) is 14.3. The number of amides is 1. The fourth-order valence-electron chi connectivity index (χ4n) is 3.27. The topological polar surface area (TPSA) is 68.5 Å². The van der Waals surface area contributed by atoms with Gasteiger partial charge in [0.1, 0.15) is 11.8 Å². The van der Waals surface area contributed by atoms with Crippen molar-refractivity contribution >= 4 is 17.5 Å². The molecule has 1 unspecified atom stereocenters. The van der Waals surface area contributed by atoms with Crippen molar-refractivity contribution in [2.75, 3.05) is 0 Å². The Balaban J connectivity index is 1.51. The molecule has 0 spiro atoms. The minimum atomic E-state index is -4.76. The quantitative estimate of drug-likeness (QED) is 0.552. The monoisotopic (exact) mass is 437 g/mol. The number of alkyl halides is 3. The van der Waals surface area contributed by atoms with Crippen LogP contribution < -0.4 is 4.74 Å². The van der Waals surface area contributed by atoms with Gasteiger partial charge >= 0.3 is 6.36 Å². The maximum absolute atomic E-state index is 12.4. The van der Waals surface area contributed by atoms with E-state index < -0.39 is 6.36 Å². The molecule has 6 nitrogen and oxygen atoms in total. The van der Waals surface area contributed by atoms with E-state index in [0.717, 1.165) is 5.56 Å². The third kappa shape index (κ3) is 4.56. The van der Waals surface area contributed by atoms with Gasteiger partial charge in [0.15, 0.2) is 0 Å². The predicted octanol–water partition coefficient (Wildman–Crippen LogP) is 5.15. The van der Waals surface area contributed by atoms with Crippen LogP contribution >= 0.6 is 11.6 Å². The molecule has 0 saturated carbocycles. The highest BCUT2D eigenvalue weighted by molar-refractivity contribution is 6.30. The standard InChI is InChI=1S/C20H15ClF3N3O3/c21-14-5-1-12(2-6-14)11-27-16(9-10-17(27)28)19-25-18(26-30-19)13-3-7-15(8-4-13)29-20(22,23)24/h1-8,16H,9-11H2. The number of hydrogen-bond acceptors (Lipinski definition) is 5. The molecular formula is C20H15ClF3N3O3. The Bertz CT molecular complexity index is 1040. The molecule has 2 heterocycles. The van der Waals surface area contributed by atoms with Crippen molar-refractivity contribution in [3.05, 3.63) is 65.0 Å². The molecule has 1 atom stereocenters. The first-order valence-electron chi connectivity index (χ1n) is 9.02. The van der Waals surface area contributed by atoms with E-state index in [1.165, 1.54) is 24.3 Å². The van der Waals surface area contributed by atoms with Gasteiger partial charge in [-0.3, -0.25) is 4.79 Å². The third-order valence-corrected chi connectivity index (χ3v) is 4.92. The van der Waals surface area contributed by atoms with E-state index in [4.69, 9.17) is 16.1 Å². The summed E-state index contributed by atoms with van der Waals surface area (Å²) in [5, 5.41) is 4.52. The SMILES string of the molecule is O=C1CCC(c2nc(-c3ccc(OC(F)(F)F)cc3)no2)N1Cc1ccc(Cl)cc1. The van der Waals surface area contributed by atoms with Crippen LogP contribution in [0, 0.1) is 0 Å². The molecule has 4 rings (SSSR count). The summed E-state index contributed by atoms with van der Waals surface area (Å²) in [6.45, 7) is 0.377. The summed E-state index contributed by atoms with van der Waals surface area (Å²) in [5.74, 6) is 0.128. The fourth-order valence-corrected chi connectivity index (χ4v) is 3.39. The molecule has 2 aromatic carbocycles. The van der Waals surface area contributed by atoms with Crippen molar-refractivity contribution in [2.24, 2.45) is 0 Å². The molecular weight excluding hydrogens is 423 g/mol. The molecule has 0 aliphatic carbocycles. The second-order valence-electron chi connectivity index (χ2n) is 6.73. The average molecular weight is 438 g/mol. The maximum Gasteiger partial charge on any atom is 0.573 e. The Hall–Kier alpha value is -3.07. The lowest BCUT2D eigenvalue weighted by Gasteiger charge is -2.22. The van der Waals surface area contributed by atoms with Gasteiger partial charge in [-0.15, -0.1) is 13.2 Å². The van der Waals surface area contributed by atoms with Crippen molar-refractivity contribution in [2.45, 2.75) is 31.8 Å². The maximum atomic E-state index is 12.4. The normalized spacial score (nSPS) is 16.9. The van der Waals surface area contributed by atoms with Gasteiger partial charge in [-0.1, -0.05) is 28.9 Å². The number of rotatable bonds is 5. The zero-order valence-corrected chi connectivity index (χ0v) is 16.2. The number of nitrogens with zero attached hydrogens (tertiary/aromatic N) is 3. The molecule has 1 aliphatic heterocycles. The molecule has 10 heteroatoms. The van der Waals surface area contributed by atoms with Crippen LogP contribution in [0.5, 0.6) is 5.75 Å². The Morgan fingerprint density at radius 2 is 1.83 bits per heavy atom. The van der Waals surface area contributed by atoms with E-state index >= 15 is 0 Å². The van der Waals surface area contributed by atoms with Gasteiger partial charge in [-0.25, -0.2) is 0 Å². The van der Waals surface area contributed by atoms with Gasteiger partial charge in [0, 0.05) is 23.6 Å². The van der Waals surface area contributed by atoms with Crippen LogP contribution in [-0.4, -0.2) is 27.3 Å². The van der Waals surface area contributed by atoms with Crippen LogP contribution in [0.2, 0.25) is 5.02 Å². The van der Waals surface area contributed by atoms with Crippen molar-refractivity contribution in [1.82, 2.24) is 15.0 Å². The lowest BCUT2D eigenvalue weighted by atomic mass is 10.1. The number of likely N-dealkylation sites (tertiary alicyclic amines) is 1. The highest BCUT2D eigenvalue weighted by Crippen LogP contribution is 2.34. The first kappa shape index (κ1) is 20.2. The largest absolute Gasteiger partial charge is 0.573 e. The second kappa shape index (κ2) is 7.98. The predicted molar refractivity (Wildman–Crippen MR) is 100 cm³/mol. The van der Waals surface area contributed by atoms with Crippen LogP contribution in [0.3, 0.4) is 0 Å². The number of hydrogen-bond donors (Lipinski definition) is 0. The molecule has 3 aromatic rings. The highest BCUT2D eigenvalue weighted by Gasteiger charge is 2.36. The summed E-state index contributed by atoms with van der Waals surface area (Å²) in [4.78, 5) is 18.4. The van der Waals surface area contributed by atoms with Crippen LogP contribution in [0.25, 0.3) is 11.4 Å². The van der Waals surface area contributed by atoms with E-state index in [-0.39, 0.29) is 29.4 Å². The van der Waals surface area contributed by atoms with E-state index in [1.54, 1.807) is 17.0 Å². The molecule has 156 valence electrons. The van der Waals surface area contributed by atoms with Gasteiger partial charge < -0.3 is 14.2 Å². The van der Waals surface area contributed by atoms with E-state index in [1.807, 2.05) is 12.1 Å². The Morgan fingerprint density at radius 1 is 1.13 bits per heavy atom. The number of halogens is 4. The average Bonchev–Trinajstić information content (AvgIpc) is 3.30. The molecule has 1 saturated heterocycles. The summed E-state index contributed by atoms with van der Waals surface area (Å²) in [6.07, 6.45) is -3.87. The second-order valence-corrected chi connectivity index (χ2v) is 7.17. The first-order valence-corrected chi connectivity index (χ1v) is 9.40. The van der Waals surface area contributed by atoms with Crippen molar-refractivity contribution < 1.29 is 27.2 Å². The summed E-state index contributed by atoms with van der Waals surface area (Å²) >= 11 is 5.91. The molecule has 1 aliphatic rings. The number of ether oxygens (including phenoxy) is 1. The van der Waals surface area contributed by atoms with Gasteiger partial charge in [0.25, 0.3) is 0 Å². The van der Waals surface area contributed by atoms with Crippen molar-refractivity contribution in [3.63, 3.8) is 0 Å². The van der Waals surface area contributed by atoms with Crippen LogP contribution in [0.1, 0.15) is 30.3 Å². The molecule has 0 bridgehead atoms. The number of carbonyl (C=O) groups is 1. The summed E-state index contributed by atoms with van der Waals surface area (Å²) in [7, 11) is 0. The van der Waals surface area contributed by atoms with Gasteiger partial charge in [0.2, 0.25) is 17.6 Å². The lowest BCUT2D eigenvalue weighted by Crippen LogP contribution is -2.27. The van der Waals surface area contributed by atoms with Crippen LogP contribution in [0.4, 0.5) is 13.2 Å². The molecule has 0 radical (unpaired) electrons. The van der Waals surface area contributed by atoms with Crippen LogP contribution in [-0.2, 0) is 11.3 Å². The van der Waals surface area contributed by atoms with Crippen molar-refractivity contribution in [3.8, 4) is 17.1 Å². The summed E-state index contributed by atoms with van der Waals surface area (Å²) in [6, 6.07) is 12.0. The van der Waals surface area contributed by atoms with Gasteiger partial charge in [0.05, 0.1) is 0 Å². The summed E-state index contributed by atoms with van der Waals surface area (Å²) < 4.78 is 46.1. The van der Waals surface area contributed by atoms with Gasteiger partial charge in [-0.2, -0.15) is 4.98 Å². The Labute approximate surface area is 174 Å². The number of aromatic nitrogens is 2.